The number of nitro groups is 1. The molecule has 0 saturated heterocycles. The largest absolute Gasteiger partial charge is 0.507 e. The molecule has 5 aromatic rings. The maximum Gasteiger partial charge on any atom is 0.311 e. The summed E-state index contributed by atoms with van der Waals surface area (Å²) >= 11 is 0. The lowest BCUT2D eigenvalue weighted by Gasteiger charge is -2.03. The third-order valence-electron chi connectivity index (χ3n) is 5.06. The second-order valence-electron chi connectivity index (χ2n) is 7.12. The van der Waals surface area contributed by atoms with Crippen LogP contribution in [0.4, 0.5) is 11.4 Å². The van der Waals surface area contributed by atoms with E-state index in [-0.39, 0.29) is 22.9 Å². The lowest BCUT2D eigenvalue weighted by atomic mass is 10.1. The lowest BCUT2D eigenvalue weighted by molar-refractivity contribution is -0.385. The molecular weight excluding hydrogens is 410 g/mol. The first kappa shape index (κ1) is 19.3. The molecule has 0 spiro atoms. The molecule has 0 aliphatic rings. The molecule has 8 heteroatoms. The van der Waals surface area contributed by atoms with Crippen LogP contribution in [0.25, 0.3) is 33.3 Å². The summed E-state index contributed by atoms with van der Waals surface area (Å²) in [6, 6.07) is 20.5. The SMILES string of the molecule is O=[N+]([O-])c1cccc(C=Nc2ccc3oc(-c4cc5ccccc5cc4O)nc3c2)c1O. The minimum atomic E-state index is -0.655. The molecule has 1 heterocycles. The molecule has 0 radical (unpaired) electrons. The minimum absolute atomic E-state index is 0.0645. The number of rotatable bonds is 4. The van der Waals surface area contributed by atoms with E-state index in [9.17, 15) is 20.3 Å². The normalized spacial score (nSPS) is 11.5. The molecule has 32 heavy (non-hydrogen) atoms. The molecule has 0 saturated carbocycles. The van der Waals surface area contributed by atoms with Gasteiger partial charge < -0.3 is 14.6 Å². The van der Waals surface area contributed by atoms with Gasteiger partial charge >= 0.3 is 5.69 Å². The smallest absolute Gasteiger partial charge is 0.311 e. The van der Waals surface area contributed by atoms with Crippen LogP contribution in [0.1, 0.15) is 5.56 Å². The number of phenols is 2. The van der Waals surface area contributed by atoms with Crippen molar-refractivity contribution in [3.8, 4) is 23.0 Å². The van der Waals surface area contributed by atoms with Crippen molar-refractivity contribution in [1.82, 2.24) is 4.98 Å². The molecule has 4 aromatic carbocycles. The number of oxazole rings is 1. The molecule has 0 fully saturated rings. The van der Waals surface area contributed by atoms with Gasteiger partial charge in [0.05, 0.1) is 16.2 Å². The Labute approximate surface area is 180 Å². The van der Waals surface area contributed by atoms with Crippen molar-refractivity contribution in [2.24, 2.45) is 4.99 Å². The summed E-state index contributed by atoms with van der Waals surface area (Å²) in [7, 11) is 0. The first-order chi connectivity index (χ1) is 15.5. The van der Waals surface area contributed by atoms with E-state index >= 15 is 0 Å². The highest BCUT2D eigenvalue weighted by atomic mass is 16.6. The summed E-state index contributed by atoms with van der Waals surface area (Å²) in [5, 5.41) is 33.3. The van der Waals surface area contributed by atoms with Gasteiger partial charge in [-0.2, -0.15) is 0 Å². The monoisotopic (exact) mass is 425 g/mol. The van der Waals surface area contributed by atoms with Crippen LogP contribution < -0.4 is 0 Å². The Balaban J connectivity index is 1.50. The molecule has 0 amide bonds. The van der Waals surface area contributed by atoms with Gasteiger partial charge in [-0.3, -0.25) is 15.1 Å². The number of fused-ring (bicyclic) bond motifs is 2. The topological polar surface area (TPSA) is 122 Å². The maximum absolute atomic E-state index is 11.0. The van der Waals surface area contributed by atoms with Crippen LogP contribution in [0, 0.1) is 10.1 Å². The highest BCUT2D eigenvalue weighted by molar-refractivity contribution is 5.91. The predicted octanol–water partition coefficient (Wildman–Crippen LogP) is 5.72. The highest BCUT2D eigenvalue weighted by Crippen LogP contribution is 2.35. The van der Waals surface area contributed by atoms with Crippen LogP contribution in [-0.4, -0.2) is 26.3 Å². The van der Waals surface area contributed by atoms with Crippen molar-refractivity contribution in [1.29, 1.82) is 0 Å². The van der Waals surface area contributed by atoms with E-state index in [1.807, 2.05) is 30.3 Å². The van der Waals surface area contributed by atoms with E-state index in [1.54, 1.807) is 24.3 Å². The third-order valence-corrected chi connectivity index (χ3v) is 5.06. The summed E-state index contributed by atoms with van der Waals surface area (Å²) in [6.45, 7) is 0. The zero-order valence-corrected chi connectivity index (χ0v) is 16.5. The van der Waals surface area contributed by atoms with Gasteiger partial charge in [-0.1, -0.05) is 30.3 Å². The van der Waals surface area contributed by atoms with Gasteiger partial charge in [0.15, 0.2) is 5.58 Å². The number of nitrogens with zero attached hydrogens (tertiary/aromatic N) is 3. The quantitative estimate of drug-likeness (QED) is 0.216. The second-order valence-corrected chi connectivity index (χ2v) is 7.12. The summed E-state index contributed by atoms with van der Waals surface area (Å²) in [5.41, 5.74) is 1.88. The molecule has 0 bridgehead atoms. The van der Waals surface area contributed by atoms with Gasteiger partial charge in [0, 0.05) is 17.8 Å². The lowest BCUT2D eigenvalue weighted by Crippen LogP contribution is -1.91. The summed E-state index contributed by atoms with van der Waals surface area (Å²) in [4.78, 5) is 19.1. The van der Waals surface area contributed by atoms with Crippen LogP contribution in [0.3, 0.4) is 0 Å². The summed E-state index contributed by atoms with van der Waals surface area (Å²) in [5.74, 6) is -0.104. The number of aromatic hydroxyl groups is 2. The Bertz CT molecular complexity index is 1540. The van der Waals surface area contributed by atoms with Gasteiger partial charge in [0.2, 0.25) is 11.6 Å². The number of aliphatic imine (C=N–C) groups is 1. The van der Waals surface area contributed by atoms with Crippen molar-refractivity contribution in [3.63, 3.8) is 0 Å². The van der Waals surface area contributed by atoms with E-state index in [0.717, 1.165) is 10.8 Å². The average Bonchev–Trinajstić information content (AvgIpc) is 3.21. The molecule has 1 aromatic heterocycles. The fraction of sp³-hybridized carbons (Fsp3) is 0. The van der Waals surface area contributed by atoms with Crippen LogP contribution >= 0.6 is 0 Å². The first-order valence-corrected chi connectivity index (χ1v) is 9.63. The second kappa shape index (κ2) is 7.51. The van der Waals surface area contributed by atoms with Crippen LogP contribution in [0.2, 0.25) is 0 Å². The fourth-order valence-electron chi connectivity index (χ4n) is 3.46. The van der Waals surface area contributed by atoms with Crippen LogP contribution in [0.15, 0.2) is 82.2 Å². The van der Waals surface area contributed by atoms with Gasteiger partial charge in [0.25, 0.3) is 0 Å². The number of hydrogen-bond acceptors (Lipinski definition) is 7. The van der Waals surface area contributed by atoms with E-state index in [2.05, 4.69) is 9.98 Å². The number of aromatic nitrogens is 1. The molecule has 2 N–H and O–H groups in total. The van der Waals surface area contributed by atoms with Crippen molar-refractivity contribution >= 4 is 39.5 Å². The molecule has 5 rings (SSSR count). The molecule has 0 atom stereocenters. The van der Waals surface area contributed by atoms with E-state index < -0.39 is 10.7 Å². The predicted molar refractivity (Wildman–Crippen MR) is 121 cm³/mol. The van der Waals surface area contributed by atoms with Gasteiger partial charge in [-0.25, -0.2) is 4.98 Å². The first-order valence-electron chi connectivity index (χ1n) is 9.63. The van der Waals surface area contributed by atoms with E-state index in [0.29, 0.717) is 22.4 Å². The van der Waals surface area contributed by atoms with Crippen molar-refractivity contribution in [2.45, 2.75) is 0 Å². The van der Waals surface area contributed by atoms with Crippen molar-refractivity contribution in [2.75, 3.05) is 0 Å². The van der Waals surface area contributed by atoms with Crippen LogP contribution in [-0.2, 0) is 0 Å². The molecule has 8 nitrogen and oxygen atoms in total. The van der Waals surface area contributed by atoms with Crippen molar-refractivity contribution in [3.05, 3.63) is 88.5 Å². The number of para-hydroxylation sites is 1. The Morgan fingerprint density at radius 3 is 2.53 bits per heavy atom. The van der Waals surface area contributed by atoms with Gasteiger partial charge in [0.1, 0.15) is 11.3 Å². The summed E-state index contributed by atoms with van der Waals surface area (Å²) < 4.78 is 5.82. The number of benzene rings is 4. The number of hydrogen-bond donors (Lipinski definition) is 2. The number of nitro benzene ring substituents is 1. The Morgan fingerprint density at radius 1 is 0.969 bits per heavy atom. The Hall–Kier alpha value is -4.72. The van der Waals surface area contributed by atoms with Gasteiger partial charge in [-0.05, 0) is 47.2 Å². The maximum atomic E-state index is 11.0. The third kappa shape index (κ3) is 3.39. The zero-order valence-electron chi connectivity index (χ0n) is 16.5. The van der Waals surface area contributed by atoms with Gasteiger partial charge in [-0.15, -0.1) is 0 Å². The molecule has 0 aliphatic carbocycles. The standard InChI is InChI=1S/C24H15N3O5/c28-21-11-15-5-2-1-4-14(15)10-18(21)24-26-19-12-17(8-9-22(19)32-24)25-13-16-6-3-7-20(23(16)29)27(30)31/h1-13,28-29H. The van der Waals surface area contributed by atoms with E-state index in [4.69, 9.17) is 4.42 Å². The molecular formula is C24H15N3O5. The van der Waals surface area contributed by atoms with Crippen molar-refractivity contribution < 1.29 is 19.6 Å². The highest BCUT2D eigenvalue weighted by Gasteiger charge is 2.16. The molecule has 0 aliphatic heterocycles. The Kier molecular flexibility index (Phi) is 4.52. The minimum Gasteiger partial charge on any atom is -0.507 e. The average molecular weight is 425 g/mol. The molecule has 0 unspecified atom stereocenters. The Morgan fingerprint density at radius 2 is 1.75 bits per heavy atom. The molecule has 156 valence electrons. The number of phenolic OH excluding ortho intramolecular Hbond substituents is 2. The van der Waals surface area contributed by atoms with Crippen LogP contribution in [0.5, 0.6) is 11.5 Å². The van der Waals surface area contributed by atoms with E-state index in [1.165, 1.54) is 24.4 Å². The zero-order chi connectivity index (χ0) is 22.2. The fourth-order valence-corrected chi connectivity index (χ4v) is 3.46. The summed E-state index contributed by atoms with van der Waals surface area (Å²) in [6.07, 6.45) is 1.35.